The fraction of sp³-hybridized carbons (Fsp3) is 0.769. The van der Waals surface area contributed by atoms with E-state index in [0.717, 1.165) is 13.1 Å². The molecule has 0 bridgehead atoms. The molecule has 1 aliphatic rings. The smallest absolute Gasteiger partial charge is 0.0951 e. The van der Waals surface area contributed by atoms with E-state index in [1.807, 2.05) is 18.1 Å². The van der Waals surface area contributed by atoms with Gasteiger partial charge in [-0.1, -0.05) is 6.92 Å². The topological polar surface area (TPSA) is 29.9 Å². The average molecular weight is 253 g/mol. The zero-order valence-electron chi connectivity index (χ0n) is 10.9. The van der Waals surface area contributed by atoms with Crippen LogP contribution in [0.3, 0.4) is 0 Å². The average Bonchev–Trinajstić information content (AvgIpc) is 2.86. The Morgan fingerprint density at radius 1 is 1.53 bits per heavy atom. The van der Waals surface area contributed by atoms with Gasteiger partial charge < -0.3 is 9.88 Å². The van der Waals surface area contributed by atoms with Crippen LogP contribution in [-0.2, 0) is 0 Å². The summed E-state index contributed by atoms with van der Waals surface area (Å²) in [6, 6.07) is 0.562. The maximum absolute atomic E-state index is 4.36. The van der Waals surface area contributed by atoms with E-state index in [0.29, 0.717) is 12.0 Å². The lowest BCUT2D eigenvalue weighted by Gasteiger charge is -2.25. The van der Waals surface area contributed by atoms with Crippen molar-refractivity contribution in [1.29, 1.82) is 0 Å². The van der Waals surface area contributed by atoms with Gasteiger partial charge in [0.05, 0.1) is 6.33 Å². The molecule has 1 atom stereocenters. The second kappa shape index (κ2) is 6.45. The molecule has 0 aliphatic carbocycles. The predicted octanol–water partition coefficient (Wildman–Crippen LogP) is 2.66. The molecular weight excluding hydrogens is 230 g/mol. The summed E-state index contributed by atoms with van der Waals surface area (Å²) >= 11 is 2.01. The number of nitrogens with one attached hydrogen (secondary N) is 1. The Labute approximate surface area is 108 Å². The summed E-state index contributed by atoms with van der Waals surface area (Å²) < 4.78 is 2.39. The summed E-state index contributed by atoms with van der Waals surface area (Å²) in [5.41, 5.74) is 1.44. The van der Waals surface area contributed by atoms with Gasteiger partial charge in [0.25, 0.3) is 0 Å². The highest BCUT2D eigenvalue weighted by Gasteiger charge is 2.20. The summed E-state index contributed by atoms with van der Waals surface area (Å²) in [5, 5.41) is 3.43. The van der Waals surface area contributed by atoms with Gasteiger partial charge in [-0.3, -0.25) is 0 Å². The zero-order chi connectivity index (χ0) is 12.1. The molecule has 1 aliphatic heterocycles. The summed E-state index contributed by atoms with van der Waals surface area (Å²) in [5.74, 6) is 3.08. The number of hydrogen-bond donors (Lipinski definition) is 1. The summed E-state index contributed by atoms with van der Waals surface area (Å²) in [6.45, 7) is 6.82. The maximum atomic E-state index is 4.36. The highest BCUT2D eigenvalue weighted by molar-refractivity contribution is 7.99. The maximum Gasteiger partial charge on any atom is 0.0951 e. The third kappa shape index (κ3) is 3.26. The van der Waals surface area contributed by atoms with E-state index < -0.39 is 0 Å². The van der Waals surface area contributed by atoms with E-state index in [9.17, 15) is 0 Å². The van der Waals surface area contributed by atoms with Crippen LogP contribution in [0.2, 0.25) is 0 Å². The molecule has 2 heterocycles. The third-order valence-electron chi connectivity index (χ3n) is 3.49. The predicted molar refractivity (Wildman–Crippen MR) is 74.8 cm³/mol. The Hall–Kier alpha value is -0.480. The Bertz CT molecular complexity index is 331. The van der Waals surface area contributed by atoms with Crippen LogP contribution in [0.15, 0.2) is 12.5 Å². The molecule has 0 saturated carbocycles. The van der Waals surface area contributed by atoms with Crippen LogP contribution in [0.5, 0.6) is 0 Å². The molecule has 17 heavy (non-hydrogen) atoms. The van der Waals surface area contributed by atoms with E-state index in [-0.39, 0.29) is 0 Å². The fourth-order valence-electron chi connectivity index (χ4n) is 2.49. The van der Waals surface area contributed by atoms with Crippen LogP contribution in [0.25, 0.3) is 0 Å². The molecule has 0 spiro atoms. The van der Waals surface area contributed by atoms with Gasteiger partial charge in [0.2, 0.25) is 0 Å². The number of rotatable bonds is 5. The van der Waals surface area contributed by atoms with Crippen LogP contribution in [0, 0.1) is 0 Å². The Morgan fingerprint density at radius 2 is 2.29 bits per heavy atom. The van der Waals surface area contributed by atoms with Crippen LogP contribution in [-0.4, -0.2) is 34.1 Å². The number of thioether (sulfide) groups is 1. The van der Waals surface area contributed by atoms with Crippen molar-refractivity contribution in [3.8, 4) is 0 Å². The molecule has 3 nitrogen and oxygen atoms in total. The molecule has 0 radical (unpaired) electrons. The van der Waals surface area contributed by atoms with E-state index in [1.54, 1.807) is 0 Å². The highest BCUT2D eigenvalue weighted by Crippen LogP contribution is 2.27. The van der Waals surface area contributed by atoms with Crippen LogP contribution in [0.1, 0.15) is 44.3 Å². The van der Waals surface area contributed by atoms with Gasteiger partial charge in [-0.15, -0.1) is 0 Å². The molecule has 0 aromatic carbocycles. The first-order chi connectivity index (χ1) is 8.33. The van der Waals surface area contributed by atoms with E-state index >= 15 is 0 Å². The zero-order valence-corrected chi connectivity index (χ0v) is 11.7. The minimum atomic E-state index is 0.562. The molecule has 1 saturated heterocycles. The first-order valence-electron chi connectivity index (χ1n) is 6.63. The SMILES string of the molecule is CCSCC(C)n1cncc1C1CCNCC1. The van der Waals surface area contributed by atoms with Gasteiger partial charge in [-0.25, -0.2) is 4.98 Å². The van der Waals surface area contributed by atoms with E-state index in [2.05, 4.69) is 34.9 Å². The minimum absolute atomic E-state index is 0.562. The first-order valence-corrected chi connectivity index (χ1v) is 7.78. The third-order valence-corrected chi connectivity index (χ3v) is 4.62. The largest absolute Gasteiger partial charge is 0.331 e. The standard InChI is InChI=1S/C13H23N3S/c1-3-17-9-11(2)16-10-15-8-13(16)12-4-6-14-7-5-12/h8,10-12,14H,3-7,9H2,1-2H3. The molecule has 0 amide bonds. The Kier molecular flexibility index (Phi) is 4.92. The molecule has 1 aromatic heterocycles. The van der Waals surface area contributed by atoms with Crippen molar-refractivity contribution in [3.63, 3.8) is 0 Å². The molecule has 1 N–H and O–H groups in total. The van der Waals surface area contributed by atoms with Gasteiger partial charge in [0.15, 0.2) is 0 Å². The summed E-state index contributed by atoms with van der Waals surface area (Å²) in [7, 11) is 0. The fourth-order valence-corrected chi connectivity index (χ4v) is 3.22. The molecule has 96 valence electrons. The van der Waals surface area contributed by atoms with Gasteiger partial charge in [0.1, 0.15) is 0 Å². The second-order valence-electron chi connectivity index (χ2n) is 4.76. The van der Waals surface area contributed by atoms with Crippen LogP contribution < -0.4 is 5.32 Å². The molecule has 1 unspecified atom stereocenters. The lowest BCUT2D eigenvalue weighted by atomic mass is 9.95. The number of nitrogens with zero attached hydrogens (tertiary/aromatic N) is 2. The molecule has 2 rings (SSSR count). The Morgan fingerprint density at radius 3 is 3.00 bits per heavy atom. The van der Waals surface area contributed by atoms with Crippen molar-refractivity contribution in [2.24, 2.45) is 0 Å². The van der Waals surface area contributed by atoms with E-state index in [4.69, 9.17) is 0 Å². The molecule has 1 aromatic rings. The summed E-state index contributed by atoms with van der Waals surface area (Å²) in [4.78, 5) is 4.36. The van der Waals surface area contributed by atoms with Gasteiger partial charge >= 0.3 is 0 Å². The van der Waals surface area contributed by atoms with Crippen molar-refractivity contribution in [3.05, 3.63) is 18.2 Å². The first kappa shape index (κ1) is 13.0. The van der Waals surface area contributed by atoms with Crippen molar-refractivity contribution in [2.45, 2.75) is 38.6 Å². The van der Waals surface area contributed by atoms with Gasteiger partial charge in [0, 0.05) is 29.6 Å². The lowest BCUT2D eigenvalue weighted by Crippen LogP contribution is -2.28. The van der Waals surface area contributed by atoms with E-state index in [1.165, 1.54) is 30.0 Å². The van der Waals surface area contributed by atoms with Crippen LogP contribution in [0.4, 0.5) is 0 Å². The molecule has 4 heteroatoms. The normalized spacial score (nSPS) is 19.4. The van der Waals surface area contributed by atoms with Crippen molar-refractivity contribution >= 4 is 11.8 Å². The lowest BCUT2D eigenvalue weighted by molar-refractivity contribution is 0.430. The number of hydrogen-bond acceptors (Lipinski definition) is 3. The quantitative estimate of drug-likeness (QED) is 0.875. The van der Waals surface area contributed by atoms with Crippen molar-refractivity contribution in [1.82, 2.24) is 14.9 Å². The van der Waals surface area contributed by atoms with Crippen molar-refractivity contribution < 1.29 is 0 Å². The number of aromatic nitrogens is 2. The van der Waals surface area contributed by atoms with Gasteiger partial charge in [-0.2, -0.15) is 11.8 Å². The van der Waals surface area contributed by atoms with Crippen molar-refractivity contribution in [2.75, 3.05) is 24.6 Å². The Balaban J connectivity index is 2.04. The second-order valence-corrected chi connectivity index (χ2v) is 6.08. The van der Waals surface area contributed by atoms with Crippen LogP contribution >= 0.6 is 11.8 Å². The van der Waals surface area contributed by atoms with Gasteiger partial charge in [-0.05, 0) is 38.6 Å². The number of imidazole rings is 1. The minimum Gasteiger partial charge on any atom is -0.331 e. The molecule has 1 fully saturated rings. The summed E-state index contributed by atoms with van der Waals surface area (Å²) in [6.07, 6.45) is 6.58. The highest BCUT2D eigenvalue weighted by atomic mass is 32.2. The molecular formula is C13H23N3S. The number of piperidine rings is 1. The monoisotopic (exact) mass is 253 g/mol.